The number of hydrogen-bond acceptors (Lipinski definition) is 4. The van der Waals surface area contributed by atoms with Crippen molar-refractivity contribution in [3.05, 3.63) is 30.6 Å². The van der Waals surface area contributed by atoms with E-state index in [0.29, 0.717) is 0 Å². The molecule has 0 aliphatic heterocycles. The van der Waals surface area contributed by atoms with Crippen LogP contribution in [0.25, 0.3) is 6.08 Å². The lowest BCUT2D eigenvalue weighted by atomic mass is 10.3. The van der Waals surface area contributed by atoms with Crippen molar-refractivity contribution in [2.24, 2.45) is 10.7 Å². The van der Waals surface area contributed by atoms with Gasteiger partial charge >= 0.3 is 0 Å². The molecule has 0 saturated heterocycles. The highest BCUT2D eigenvalue weighted by Crippen LogP contribution is 2.15. The Morgan fingerprint density at radius 2 is 2.12 bits per heavy atom. The van der Waals surface area contributed by atoms with E-state index in [-0.39, 0.29) is 0 Å². The third-order valence-electron chi connectivity index (χ3n) is 1.47. The molecule has 1 rings (SSSR count). The molecule has 0 aliphatic carbocycles. The number of hydrogen-bond donors (Lipinski definition) is 2. The quantitative estimate of drug-likeness (QED) is 0.770. The van der Waals surface area contributed by atoms with Crippen LogP contribution in [-0.4, -0.2) is 30.5 Å². The predicted octanol–water partition coefficient (Wildman–Crippen LogP) is 2.02. The Kier molecular flexibility index (Phi) is 14.2. The summed E-state index contributed by atoms with van der Waals surface area (Å²) in [5.41, 5.74) is 6.58. The van der Waals surface area contributed by atoms with Gasteiger partial charge in [0.05, 0.1) is 11.4 Å². The highest BCUT2D eigenvalue weighted by Gasteiger charge is 1.92. The first-order valence-corrected chi connectivity index (χ1v) is 4.99. The number of aliphatic hydroxyl groups excluding tert-OH is 1. The minimum absolute atomic E-state index is 0.775. The Morgan fingerprint density at radius 3 is 2.44 bits per heavy atom. The lowest BCUT2D eigenvalue weighted by molar-refractivity contribution is 0.399. The van der Waals surface area contributed by atoms with E-state index in [1.807, 2.05) is 12.1 Å². The second-order valence-corrected chi connectivity index (χ2v) is 2.56. The van der Waals surface area contributed by atoms with Crippen LogP contribution < -0.4 is 5.73 Å². The van der Waals surface area contributed by atoms with Gasteiger partial charge in [-0.25, -0.2) is 0 Å². The van der Waals surface area contributed by atoms with E-state index in [4.69, 9.17) is 10.8 Å². The SMILES string of the molecule is C=Cc1ncccc1N=C.CCCN.CO. The molecule has 4 nitrogen and oxygen atoms in total. The molecule has 0 amide bonds. The van der Waals surface area contributed by atoms with Crippen LogP contribution in [0.1, 0.15) is 19.0 Å². The standard InChI is InChI=1S/C8H8N2.C3H9N.CH4O/c1-3-7-8(9-2)5-4-6-10-7;1-2-3-4;1-2/h3-6H,1-2H2;2-4H2,1H3;2H,1H3. The van der Waals surface area contributed by atoms with Crippen molar-refractivity contribution in [1.82, 2.24) is 4.98 Å². The summed E-state index contributed by atoms with van der Waals surface area (Å²) in [6.45, 7) is 9.87. The molecule has 0 bridgehead atoms. The van der Waals surface area contributed by atoms with Gasteiger partial charge in [0.2, 0.25) is 0 Å². The zero-order valence-corrected chi connectivity index (χ0v) is 10.1. The Balaban J connectivity index is 0. The molecular formula is C12H21N3O. The van der Waals surface area contributed by atoms with Gasteiger partial charge in [0.25, 0.3) is 0 Å². The molecule has 0 saturated carbocycles. The third kappa shape index (κ3) is 7.84. The predicted molar refractivity (Wildman–Crippen MR) is 71.0 cm³/mol. The van der Waals surface area contributed by atoms with E-state index in [0.717, 1.165) is 31.5 Å². The van der Waals surface area contributed by atoms with Crippen molar-refractivity contribution in [3.63, 3.8) is 0 Å². The molecule has 4 heteroatoms. The van der Waals surface area contributed by atoms with Crippen molar-refractivity contribution in [2.75, 3.05) is 13.7 Å². The lowest BCUT2D eigenvalue weighted by Gasteiger charge is -1.94. The average Bonchev–Trinajstić information content (AvgIpc) is 2.41. The van der Waals surface area contributed by atoms with Crippen LogP contribution >= 0.6 is 0 Å². The molecule has 0 radical (unpaired) electrons. The molecule has 1 aromatic heterocycles. The summed E-state index contributed by atoms with van der Waals surface area (Å²) in [7, 11) is 1.00. The molecule has 0 aliphatic rings. The molecule has 3 N–H and O–H groups in total. The van der Waals surface area contributed by atoms with Gasteiger partial charge < -0.3 is 10.8 Å². The topological polar surface area (TPSA) is 71.5 Å². The summed E-state index contributed by atoms with van der Waals surface area (Å²) in [5.74, 6) is 0. The maximum atomic E-state index is 7.00. The van der Waals surface area contributed by atoms with Crippen molar-refractivity contribution in [2.45, 2.75) is 13.3 Å². The molecule has 1 heterocycles. The van der Waals surface area contributed by atoms with E-state index in [1.165, 1.54) is 0 Å². The van der Waals surface area contributed by atoms with Gasteiger partial charge in [-0.3, -0.25) is 9.98 Å². The number of aromatic nitrogens is 1. The average molecular weight is 223 g/mol. The van der Waals surface area contributed by atoms with Crippen molar-refractivity contribution < 1.29 is 5.11 Å². The number of aliphatic hydroxyl groups is 1. The van der Waals surface area contributed by atoms with Crippen LogP contribution in [0.2, 0.25) is 0 Å². The molecule has 0 spiro atoms. The maximum Gasteiger partial charge on any atom is 0.0879 e. The number of rotatable bonds is 3. The lowest BCUT2D eigenvalue weighted by Crippen LogP contribution is -1.93. The zero-order valence-electron chi connectivity index (χ0n) is 10.1. The van der Waals surface area contributed by atoms with Crippen LogP contribution in [0.3, 0.4) is 0 Å². The Bertz CT molecular complexity index is 258. The first-order valence-electron chi connectivity index (χ1n) is 4.99. The molecule has 0 atom stereocenters. The molecule has 90 valence electrons. The van der Waals surface area contributed by atoms with E-state index < -0.39 is 0 Å². The summed E-state index contributed by atoms with van der Waals surface area (Å²) in [6, 6.07) is 3.66. The fraction of sp³-hybridized carbons (Fsp3) is 0.333. The van der Waals surface area contributed by atoms with Crippen LogP contribution in [0, 0.1) is 0 Å². The van der Waals surface area contributed by atoms with E-state index in [2.05, 4.69) is 30.2 Å². The fourth-order valence-corrected chi connectivity index (χ4v) is 0.700. The van der Waals surface area contributed by atoms with Crippen LogP contribution in [0.5, 0.6) is 0 Å². The van der Waals surface area contributed by atoms with Gasteiger partial charge in [0.15, 0.2) is 0 Å². The molecule has 0 unspecified atom stereocenters. The van der Waals surface area contributed by atoms with Crippen molar-refractivity contribution >= 4 is 18.5 Å². The molecule has 16 heavy (non-hydrogen) atoms. The Morgan fingerprint density at radius 1 is 1.56 bits per heavy atom. The second kappa shape index (κ2) is 13.5. The van der Waals surface area contributed by atoms with Gasteiger partial charge in [-0.2, -0.15) is 0 Å². The van der Waals surface area contributed by atoms with Gasteiger partial charge in [0.1, 0.15) is 0 Å². The fourth-order valence-electron chi connectivity index (χ4n) is 0.700. The summed E-state index contributed by atoms with van der Waals surface area (Å²) >= 11 is 0. The molecule has 0 fully saturated rings. The first-order chi connectivity index (χ1) is 7.79. The third-order valence-corrected chi connectivity index (χ3v) is 1.47. The summed E-state index contributed by atoms with van der Waals surface area (Å²) < 4.78 is 0. The Hall–Kier alpha value is -1.52. The van der Waals surface area contributed by atoms with Crippen LogP contribution in [0.4, 0.5) is 5.69 Å². The highest BCUT2D eigenvalue weighted by atomic mass is 16.2. The molecular weight excluding hydrogens is 202 g/mol. The molecule has 1 aromatic rings. The van der Waals surface area contributed by atoms with Crippen LogP contribution in [-0.2, 0) is 0 Å². The largest absolute Gasteiger partial charge is 0.400 e. The minimum atomic E-state index is 0.775. The van der Waals surface area contributed by atoms with E-state index >= 15 is 0 Å². The second-order valence-electron chi connectivity index (χ2n) is 2.56. The van der Waals surface area contributed by atoms with Crippen LogP contribution in [0.15, 0.2) is 29.9 Å². The molecule has 0 aromatic carbocycles. The normalized spacial score (nSPS) is 7.75. The first kappa shape index (κ1) is 16.9. The number of pyridine rings is 1. The summed E-state index contributed by atoms with van der Waals surface area (Å²) in [4.78, 5) is 7.77. The van der Waals surface area contributed by atoms with Gasteiger partial charge in [-0.15, -0.1) is 0 Å². The van der Waals surface area contributed by atoms with E-state index in [1.54, 1.807) is 12.3 Å². The summed E-state index contributed by atoms with van der Waals surface area (Å²) in [6.07, 6.45) is 4.45. The number of nitrogens with two attached hydrogens (primary N) is 1. The number of nitrogens with zero attached hydrogens (tertiary/aromatic N) is 2. The van der Waals surface area contributed by atoms with Gasteiger partial charge in [-0.05, 0) is 37.9 Å². The smallest absolute Gasteiger partial charge is 0.0879 e. The van der Waals surface area contributed by atoms with Crippen molar-refractivity contribution in [1.29, 1.82) is 0 Å². The van der Waals surface area contributed by atoms with E-state index in [9.17, 15) is 0 Å². The Labute approximate surface area is 97.6 Å². The van der Waals surface area contributed by atoms with Gasteiger partial charge in [0, 0.05) is 13.3 Å². The highest BCUT2D eigenvalue weighted by molar-refractivity contribution is 5.60. The maximum absolute atomic E-state index is 7.00. The minimum Gasteiger partial charge on any atom is -0.400 e. The van der Waals surface area contributed by atoms with Crippen molar-refractivity contribution in [3.8, 4) is 0 Å². The zero-order chi connectivity index (χ0) is 12.8. The summed E-state index contributed by atoms with van der Waals surface area (Å²) in [5, 5.41) is 7.00. The van der Waals surface area contributed by atoms with Gasteiger partial charge in [-0.1, -0.05) is 13.5 Å². The number of aliphatic imine (C=N–C) groups is 1. The monoisotopic (exact) mass is 223 g/mol.